The summed E-state index contributed by atoms with van der Waals surface area (Å²) in [6.45, 7) is 5.20. The van der Waals surface area contributed by atoms with Crippen molar-refractivity contribution < 1.29 is 19.4 Å². The zero-order chi connectivity index (χ0) is 15.5. The summed E-state index contributed by atoms with van der Waals surface area (Å²) in [5.74, 6) is 1.09. The number of nitrogens with zero attached hydrogens (tertiary/aromatic N) is 1. The molecule has 1 atom stereocenters. The van der Waals surface area contributed by atoms with E-state index in [1.54, 1.807) is 37.1 Å². The first-order valence-corrected chi connectivity index (χ1v) is 7.29. The van der Waals surface area contributed by atoms with E-state index in [-0.39, 0.29) is 5.91 Å². The second-order valence-corrected chi connectivity index (χ2v) is 5.63. The number of methoxy groups -OCH3 is 1. The Labute approximate surface area is 125 Å². The predicted molar refractivity (Wildman–Crippen MR) is 79.9 cm³/mol. The predicted octanol–water partition coefficient (Wildman–Crippen LogP) is 2.08. The van der Waals surface area contributed by atoms with Crippen molar-refractivity contribution in [1.29, 1.82) is 0 Å². The lowest BCUT2D eigenvalue weighted by Crippen LogP contribution is -2.48. The molecule has 1 fully saturated rings. The number of aliphatic hydroxyl groups is 1. The minimum atomic E-state index is -0.802. The highest BCUT2D eigenvalue weighted by Crippen LogP contribution is 2.29. The molecule has 1 saturated heterocycles. The summed E-state index contributed by atoms with van der Waals surface area (Å²) in [5, 5.41) is 10.1. The molecule has 0 bridgehead atoms. The molecule has 1 amide bonds. The third-order valence-electron chi connectivity index (χ3n) is 3.67. The van der Waals surface area contributed by atoms with E-state index in [1.165, 1.54) is 0 Å². The SMILES string of the molecule is CCOc1cc(C(=O)N2CCCC(C)(O)C2)ccc1OC. The summed E-state index contributed by atoms with van der Waals surface area (Å²) in [5.41, 5.74) is -0.250. The van der Waals surface area contributed by atoms with Crippen LogP contribution in [0.5, 0.6) is 11.5 Å². The van der Waals surface area contributed by atoms with Crippen molar-refractivity contribution in [2.45, 2.75) is 32.3 Å². The molecular weight excluding hydrogens is 270 g/mol. The van der Waals surface area contributed by atoms with Gasteiger partial charge in [-0.15, -0.1) is 0 Å². The van der Waals surface area contributed by atoms with Crippen LogP contribution in [-0.2, 0) is 0 Å². The average molecular weight is 293 g/mol. The number of ether oxygens (including phenoxy) is 2. The van der Waals surface area contributed by atoms with Crippen molar-refractivity contribution in [1.82, 2.24) is 4.90 Å². The van der Waals surface area contributed by atoms with E-state index in [1.807, 2.05) is 6.92 Å². The number of rotatable bonds is 4. The molecule has 1 aliphatic rings. The van der Waals surface area contributed by atoms with Gasteiger partial charge < -0.3 is 19.5 Å². The van der Waals surface area contributed by atoms with Gasteiger partial charge in [0.05, 0.1) is 19.3 Å². The van der Waals surface area contributed by atoms with Crippen molar-refractivity contribution in [2.75, 3.05) is 26.8 Å². The summed E-state index contributed by atoms with van der Waals surface area (Å²) in [6.07, 6.45) is 1.54. The Bertz CT molecular complexity index is 513. The van der Waals surface area contributed by atoms with E-state index >= 15 is 0 Å². The Morgan fingerprint density at radius 2 is 2.19 bits per heavy atom. The monoisotopic (exact) mass is 293 g/mol. The molecule has 1 unspecified atom stereocenters. The number of likely N-dealkylation sites (tertiary alicyclic amines) is 1. The van der Waals surface area contributed by atoms with Crippen LogP contribution in [0.15, 0.2) is 18.2 Å². The molecule has 1 aromatic rings. The van der Waals surface area contributed by atoms with Crippen LogP contribution in [0, 0.1) is 0 Å². The van der Waals surface area contributed by atoms with E-state index in [0.29, 0.717) is 36.8 Å². The molecule has 1 aromatic carbocycles. The highest BCUT2D eigenvalue weighted by atomic mass is 16.5. The lowest BCUT2D eigenvalue weighted by Gasteiger charge is -2.36. The summed E-state index contributed by atoms with van der Waals surface area (Å²) in [6, 6.07) is 5.17. The van der Waals surface area contributed by atoms with Crippen LogP contribution in [0.4, 0.5) is 0 Å². The first-order chi connectivity index (χ1) is 9.96. The largest absolute Gasteiger partial charge is 0.493 e. The zero-order valence-electron chi connectivity index (χ0n) is 12.9. The Morgan fingerprint density at radius 3 is 2.81 bits per heavy atom. The second-order valence-electron chi connectivity index (χ2n) is 5.63. The molecule has 5 heteroatoms. The van der Waals surface area contributed by atoms with E-state index in [0.717, 1.165) is 12.8 Å². The average Bonchev–Trinajstić information content (AvgIpc) is 2.45. The molecule has 0 radical (unpaired) electrons. The molecule has 1 heterocycles. The Kier molecular flexibility index (Phi) is 4.73. The van der Waals surface area contributed by atoms with Gasteiger partial charge in [-0.1, -0.05) is 0 Å². The van der Waals surface area contributed by atoms with Crippen LogP contribution in [0.1, 0.15) is 37.0 Å². The van der Waals surface area contributed by atoms with Crippen molar-refractivity contribution >= 4 is 5.91 Å². The van der Waals surface area contributed by atoms with Gasteiger partial charge in [-0.3, -0.25) is 4.79 Å². The van der Waals surface area contributed by atoms with Crippen LogP contribution in [-0.4, -0.2) is 48.3 Å². The molecule has 1 N–H and O–H groups in total. The van der Waals surface area contributed by atoms with Gasteiger partial charge in [-0.2, -0.15) is 0 Å². The number of carbonyl (C=O) groups is 1. The van der Waals surface area contributed by atoms with E-state index in [2.05, 4.69) is 0 Å². The van der Waals surface area contributed by atoms with Gasteiger partial charge >= 0.3 is 0 Å². The maximum absolute atomic E-state index is 12.6. The number of hydrogen-bond acceptors (Lipinski definition) is 4. The first-order valence-electron chi connectivity index (χ1n) is 7.29. The quantitative estimate of drug-likeness (QED) is 0.923. The molecule has 21 heavy (non-hydrogen) atoms. The van der Waals surface area contributed by atoms with Gasteiger partial charge in [0.2, 0.25) is 0 Å². The van der Waals surface area contributed by atoms with Crippen molar-refractivity contribution in [2.24, 2.45) is 0 Å². The molecule has 0 aliphatic carbocycles. The van der Waals surface area contributed by atoms with Crippen LogP contribution < -0.4 is 9.47 Å². The van der Waals surface area contributed by atoms with Gasteiger partial charge in [0.25, 0.3) is 5.91 Å². The molecular formula is C16H23NO4. The zero-order valence-corrected chi connectivity index (χ0v) is 12.9. The summed E-state index contributed by atoms with van der Waals surface area (Å²) in [7, 11) is 1.57. The minimum absolute atomic E-state index is 0.0846. The highest BCUT2D eigenvalue weighted by molar-refractivity contribution is 5.95. The molecule has 116 valence electrons. The van der Waals surface area contributed by atoms with Crippen LogP contribution in [0.2, 0.25) is 0 Å². The number of carbonyl (C=O) groups excluding carboxylic acids is 1. The second kappa shape index (κ2) is 6.35. The summed E-state index contributed by atoms with van der Waals surface area (Å²) >= 11 is 0. The molecule has 1 aliphatic heterocycles. The number of hydrogen-bond donors (Lipinski definition) is 1. The van der Waals surface area contributed by atoms with Crippen molar-refractivity contribution in [3.63, 3.8) is 0 Å². The van der Waals surface area contributed by atoms with Crippen molar-refractivity contribution in [3.05, 3.63) is 23.8 Å². The van der Waals surface area contributed by atoms with E-state index < -0.39 is 5.60 Å². The highest BCUT2D eigenvalue weighted by Gasteiger charge is 2.31. The normalized spacial score (nSPS) is 22.0. The standard InChI is InChI=1S/C16H23NO4/c1-4-21-14-10-12(6-7-13(14)20-3)15(18)17-9-5-8-16(2,19)11-17/h6-7,10,19H,4-5,8-9,11H2,1-3H3. The van der Waals surface area contributed by atoms with Gasteiger partial charge in [-0.25, -0.2) is 0 Å². The fraction of sp³-hybridized carbons (Fsp3) is 0.562. The third-order valence-corrected chi connectivity index (χ3v) is 3.67. The first kappa shape index (κ1) is 15.6. The molecule has 2 rings (SSSR count). The molecule has 0 saturated carbocycles. The summed E-state index contributed by atoms with van der Waals surface area (Å²) in [4.78, 5) is 14.3. The maximum atomic E-state index is 12.6. The van der Waals surface area contributed by atoms with E-state index in [9.17, 15) is 9.90 Å². The lowest BCUT2D eigenvalue weighted by molar-refractivity contribution is -0.0107. The van der Waals surface area contributed by atoms with Crippen LogP contribution in [0.3, 0.4) is 0 Å². The van der Waals surface area contributed by atoms with Gasteiger partial charge in [0.1, 0.15) is 0 Å². The maximum Gasteiger partial charge on any atom is 0.254 e. The third kappa shape index (κ3) is 3.67. The van der Waals surface area contributed by atoms with E-state index in [4.69, 9.17) is 9.47 Å². The van der Waals surface area contributed by atoms with Gasteiger partial charge in [0, 0.05) is 18.7 Å². The minimum Gasteiger partial charge on any atom is -0.493 e. The Hall–Kier alpha value is -1.75. The fourth-order valence-corrected chi connectivity index (χ4v) is 2.65. The number of β-amino-alcohol motifs (C(OH)–C–C–N with tert-alkyl or cyclic N) is 1. The lowest BCUT2D eigenvalue weighted by atomic mass is 9.94. The molecule has 0 aromatic heterocycles. The number of piperidine rings is 1. The smallest absolute Gasteiger partial charge is 0.254 e. The number of amides is 1. The van der Waals surface area contributed by atoms with Crippen molar-refractivity contribution in [3.8, 4) is 11.5 Å². The fourth-order valence-electron chi connectivity index (χ4n) is 2.65. The van der Waals surface area contributed by atoms with Gasteiger partial charge in [0.15, 0.2) is 11.5 Å². The molecule has 5 nitrogen and oxygen atoms in total. The van der Waals surface area contributed by atoms with Crippen LogP contribution >= 0.6 is 0 Å². The van der Waals surface area contributed by atoms with Crippen LogP contribution in [0.25, 0.3) is 0 Å². The molecule has 0 spiro atoms. The summed E-state index contributed by atoms with van der Waals surface area (Å²) < 4.78 is 10.7. The number of benzene rings is 1. The topological polar surface area (TPSA) is 59.0 Å². The Morgan fingerprint density at radius 1 is 1.43 bits per heavy atom. The van der Waals surface area contributed by atoms with Gasteiger partial charge in [-0.05, 0) is 44.9 Å². The Balaban J connectivity index is 2.20.